The predicted octanol–water partition coefficient (Wildman–Crippen LogP) is 2.09. The number of nitrogens with one attached hydrogen (secondary N) is 1. The van der Waals surface area contributed by atoms with Crippen molar-refractivity contribution in [3.8, 4) is 5.75 Å². The van der Waals surface area contributed by atoms with E-state index in [0.717, 1.165) is 0 Å². The number of benzene rings is 1. The zero-order valence-corrected chi connectivity index (χ0v) is 11.7. The maximum absolute atomic E-state index is 11.5. The minimum absolute atomic E-state index is 0.0537. The standard InChI is InChI=1S/C14H19NO5/c1-14(2,3)20-13(19)15-8-11(12(17)18)9-4-6-10(16)7-5-9/h4-7,11,16H,8H2,1-3H3,(H,15,19)(H,17,18). The number of hydrogen-bond acceptors (Lipinski definition) is 4. The summed E-state index contributed by atoms with van der Waals surface area (Å²) in [5, 5.41) is 20.8. The first kappa shape index (κ1) is 15.8. The fourth-order valence-corrected chi connectivity index (χ4v) is 1.55. The third-order valence-electron chi connectivity index (χ3n) is 2.44. The number of rotatable bonds is 4. The normalized spacial score (nSPS) is 12.6. The van der Waals surface area contributed by atoms with Crippen molar-refractivity contribution in [1.82, 2.24) is 5.32 Å². The van der Waals surface area contributed by atoms with Crippen LogP contribution in [0.15, 0.2) is 24.3 Å². The first-order valence-corrected chi connectivity index (χ1v) is 6.17. The van der Waals surface area contributed by atoms with Crippen LogP contribution >= 0.6 is 0 Å². The molecule has 6 nitrogen and oxygen atoms in total. The summed E-state index contributed by atoms with van der Waals surface area (Å²) in [6.07, 6.45) is -0.664. The van der Waals surface area contributed by atoms with Crippen LogP contribution in [0.25, 0.3) is 0 Å². The van der Waals surface area contributed by atoms with Crippen molar-refractivity contribution >= 4 is 12.1 Å². The van der Waals surface area contributed by atoms with Crippen LogP contribution in [0.3, 0.4) is 0 Å². The summed E-state index contributed by atoms with van der Waals surface area (Å²) < 4.78 is 5.04. The summed E-state index contributed by atoms with van der Waals surface area (Å²) in [5.74, 6) is -1.91. The van der Waals surface area contributed by atoms with Crippen molar-refractivity contribution in [1.29, 1.82) is 0 Å². The third-order valence-corrected chi connectivity index (χ3v) is 2.44. The van der Waals surface area contributed by atoms with Gasteiger partial charge in [0.15, 0.2) is 0 Å². The lowest BCUT2D eigenvalue weighted by Crippen LogP contribution is -2.36. The monoisotopic (exact) mass is 281 g/mol. The largest absolute Gasteiger partial charge is 0.508 e. The number of carboxylic acids is 1. The van der Waals surface area contributed by atoms with Crippen molar-refractivity contribution in [2.24, 2.45) is 0 Å². The Bertz CT molecular complexity index is 475. The number of aromatic hydroxyl groups is 1. The smallest absolute Gasteiger partial charge is 0.407 e. The van der Waals surface area contributed by atoms with E-state index in [-0.39, 0.29) is 12.3 Å². The van der Waals surface area contributed by atoms with Gasteiger partial charge in [-0.2, -0.15) is 0 Å². The molecule has 0 bridgehead atoms. The Morgan fingerprint density at radius 2 is 1.80 bits per heavy atom. The number of phenolic OH excluding ortho intramolecular Hbond substituents is 1. The molecular weight excluding hydrogens is 262 g/mol. The van der Waals surface area contributed by atoms with Crippen LogP contribution in [0.4, 0.5) is 4.79 Å². The highest BCUT2D eigenvalue weighted by atomic mass is 16.6. The molecule has 0 aliphatic rings. The highest BCUT2D eigenvalue weighted by molar-refractivity contribution is 5.77. The average Bonchev–Trinajstić information content (AvgIpc) is 2.29. The molecule has 1 aromatic carbocycles. The number of phenols is 1. The van der Waals surface area contributed by atoms with Crippen LogP contribution in [0.2, 0.25) is 0 Å². The lowest BCUT2D eigenvalue weighted by molar-refractivity contribution is -0.138. The molecule has 1 aromatic rings. The van der Waals surface area contributed by atoms with Crippen LogP contribution in [-0.4, -0.2) is 34.4 Å². The average molecular weight is 281 g/mol. The Balaban J connectivity index is 2.67. The number of carboxylic acid groups (broad SMARTS) is 1. The van der Waals surface area contributed by atoms with E-state index in [1.165, 1.54) is 24.3 Å². The van der Waals surface area contributed by atoms with Crippen LogP contribution < -0.4 is 5.32 Å². The van der Waals surface area contributed by atoms with E-state index < -0.39 is 23.6 Å². The Kier molecular flexibility index (Phi) is 4.96. The Labute approximate surface area is 117 Å². The second kappa shape index (κ2) is 6.27. The number of carbonyl (C=O) groups is 2. The molecule has 1 unspecified atom stereocenters. The van der Waals surface area contributed by atoms with Gasteiger partial charge in [0, 0.05) is 6.54 Å². The fourth-order valence-electron chi connectivity index (χ4n) is 1.55. The molecule has 0 aliphatic heterocycles. The molecule has 0 spiro atoms. The molecular formula is C14H19NO5. The van der Waals surface area contributed by atoms with Gasteiger partial charge >= 0.3 is 12.1 Å². The number of ether oxygens (including phenoxy) is 1. The molecule has 0 saturated carbocycles. The van der Waals surface area contributed by atoms with Gasteiger partial charge in [-0.3, -0.25) is 4.79 Å². The van der Waals surface area contributed by atoms with Gasteiger partial charge in [-0.25, -0.2) is 4.79 Å². The van der Waals surface area contributed by atoms with Gasteiger partial charge in [-0.1, -0.05) is 12.1 Å². The van der Waals surface area contributed by atoms with Gasteiger partial charge in [-0.15, -0.1) is 0 Å². The van der Waals surface area contributed by atoms with E-state index in [9.17, 15) is 19.8 Å². The van der Waals surface area contributed by atoms with Gasteiger partial charge in [0.1, 0.15) is 11.4 Å². The molecule has 0 radical (unpaired) electrons. The van der Waals surface area contributed by atoms with Gasteiger partial charge in [0.2, 0.25) is 0 Å². The summed E-state index contributed by atoms with van der Waals surface area (Å²) in [7, 11) is 0. The van der Waals surface area contributed by atoms with Crippen molar-refractivity contribution in [3.63, 3.8) is 0 Å². The topological polar surface area (TPSA) is 95.9 Å². The summed E-state index contributed by atoms with van der Waals surface area (Å²) in [6, 6.07) is 5.81. The van der Waals surface area contributed by atoms with E-state index in [0.29, 0.717) is 5.56 Å². The summed E-state index contributed by atoms with van der Waals surface area (Å²) in [5.41, 5.74) is -0.146. The van der Waals surface area contributed by atoms with Crippen molar-refractivity contribution in [3.05, 3.63) is 29.8 Å². The molecule has 0 aliphatic carbocycles. The molecule has 0 fully saturated rings. The molecule has 1 atom stereocenters. The zero-order chi connectivity index (χ0) is 15.3. The number of carbonyl (C=O) groups excluding carboxylic acids is 1. The fraction of sp³-hybridized carbons (Fsp3) is 0.429. The van der Waals surface area contributed by atoms with E-state index in [1.54, 1.807) is 20.8 Å². The van der Waals surface area contributed by atoms with Gasteiger partial charge in [0.25, 0.3) is 0 Å². The Morgan fingerprint density at radius 3 is 2.25 bits per heavy atom. The number of hydrogen-bond donors (Lipinski definition) is 3. The van der Waals surface area contributed by atoms with Crippen molar-refractivity contribution < 1.29 is 24.5 Å². The molecule has 3 N–H and O–H groups in total. The summed E-state index contributed by atoms with van der Waals surface area (Å²) >= 11 is 0. The lowest BCUT2D eigenvalue weighted by atomic mass is 9.99. The van der Waals surface area contributed by atoms with E-state index in [1.807, 2.05) is 0 Å². The summed E-state index contributed by atoms with van der Waals surface area (Å²) in [4.78, 5) is 22.7. The van der Waals surface area contributed by atoms with Crippen LogP contribution in [-0.2, 0) is 9.53 Å². The maximum Gasteiger partial charge on any atom is 0.407 e. The molecule has 0 heterocycles. The molecule has 6 heteroatoms. The predicted molar refractivity (Wildman–Crippen MR) is 72.7 cm³/mol. The summed E-state index contributed by atoms with van der Waals surface area (Å²) in [6.45, 7) is 5.08. The number of amides is 1. The highest BCUT2D eigenvalue weighted by Gasteiger charge is 2.22. The molecule has 110 valence electrons. The highest BCUT2D eigenvalue weighted by Crippen LogP contribution is 2.19. The SMILES string of the molecule is CC(C)(C)OC(=O)NCC(C(=O)O)c1ccc(O)cc1. The second-order valence-corrected chi connectivity index (χ2v) is 5.37. The zero-order valence-electron chi connectivity index (χ0n) is 11.7. The van der Waals surface area contributed by atoms with Crippen LogP contribution in [0.1, 0.15) is 32.3 Å². The number of alkyl carbamates (subject to hydrolysis) is 1. The second-order valence-electron chi connectivity index (χ2n) is 5.37. The van der Waals surface area contributed by atoms with Gasteiger partial charge in [0.05, 0.1) is 5.92 Å². The Morgan fingerprint density at radius 1 is 1.25 bits per heavy atom. The van der Waals surface area contributed by atoms with E-state index >= 15 is 0 Å². The van der Waals surface area contributed by atoms with E-state index in [4.69, 9.17) is 4.74 Å². The minimum Gasteiger partial charge on any atom is -0.508 e. The molecule has 20 heavy (non-hydrogen) atoms. The van der Waals surface area contributed by atoms with Crippen LogP contribution in [0, 0.1) is 0 Å². The van der Waals surface area contributed by atoms with Crippen molar-refractivity contribution in [2.45, 2.75) is 32.3 Å². The number of aliphatic carboxylic acids is 1. The first-order chi connectivity index (χ1) is 9.19. The first-order valence-electron chi connectivity index (χ1n) is 6.17. The quantitative estimate of drug-likeness (QED) is 0.785. The molecule has 0 aromatic heterocycles. The Hall–Kier alpha value is -2.24. The van der Waals surface area contributed by atoms with Gasteiger partial charge < -0.3 is 20.3 Å². The van der Waals surface area contributed by atoms with Crippen LogP contribution in [0.5, 0.6) is 5.75 Å². The maximum atomic E-state index is 11.5. The third kappa shape index (κ3) is 5.17. The molecule has 1 amide bonds. The molecule has 1 rings (SSSR count). The minimum atomic E-state index is -1.06. The lowest BCUT2D eigenvalue weighted by Gasteiger charge is -2.21. The molecule has 0 saturated heterocycles. The van der Waals surface area contributed by atoms with Crippen molar-refractivity contribution in [2.75, 3.05) is 6.54 Å². The van der Waals surface area contributed by atoms with E-state index in [2.05, 4.69) is 5.32 Å². The van der Waals surface area contributed by atoms with Gasteiger partial charge in [-0.05, 0) is 38.5 Å².